The SMILES string of the molecule is COc1ccc(-c2coc(=O)o2)cc1. The summed E-state index contributed by atoms with van der Waals surface area (Å²) in [5.74, 6) is 0.466. The third-order valence-electron chi connectivity index (χ3n) is 1.83. The highest BCUT2D eigenvalue weighted by Crippen LogP contribution is 2.20. The maximum Gasteiger partial charge on any atom is 0.519 e. The minimum Gasteiger partial charge on any atom is -0.497 e. The van der Waals surface area contributed by atoms with Crippen LogP contribution in [0.15, 0.2) is 44.2 Å². The van der Waals surface area contributed by atoms with Gasteiger partial charge in [0.15, 0.2) is 5.76 Å². The summed E-state index contributed by atoms with van der Waals surface area (Å²) in [4.78, 5) is 10.6. The predicted octanol–water partition coefficient (Wildman–Crippen LogP) is 1.91. The molecule has 14 heavy (non-hydrogen) atoms. The zero-order chi connectivity index (χ0) is 9.97. The Kier molecular flexibility index (Phi) is 2.10. The van der Waals surface area contributed by atoms with Crippen molar-refractivity contribution in [1.29, 1.82) is 0 Å². The number of rotatable bonds is 2. The summed E-state index contributed by atoms with van der Waals surface area (Å²) in [5, 5.41) is 0. The van der Waals surface area contributed by atoms with Crippen molar-refractivity contribution in [3.05, 3.63) is 41.1 Å². The summed E-state index contributed by atoms with van der Waals surface area (Å²) in [6.45, 7) is 0. The van der Waals surface area contributed by atoms with E-state index in [9.17, 15) is 4.79 Å². The Morgan fingerprint density at radius 1 is 1.21 bits per heavy atom. The van der Waals surface area contributed by atoms with Crippen LogP contribution in [0.3, 0.4) is 0 Å². The maximum atomic E-state index is 10.6. The topological polar surface area (TPSA) is 52.6 Å². The van der Waals surface area contributed by atoms with E-state index in [1.807, 2.05) is 0 Å². The van der Waals surface area contributed by atoms with Crippen LogP contribution < -0.4 is 10.6 Å². The summed E-state index contributed by atoms with van der Waals surface area (Å²) in [6, 6.07) is 7.13. The predicted molar refractivity (Wildman–Crippen MR) is 49.2 cm³/mol. The smallest absolute Gasteiger partial charge is 0.497 e. The molecule has 0 fully saturated rings. The Bertz CT molecular complexity index is 463. The molecule has 0 aliphatic heterocycles. The minimum atomic E-state index is -0.698. The van der Waals surface area contributed by atoms with E-state index in [1.54, 1.807) is 31.4 Å². The summed E-state index contributed by atoms with van der Waals surface area (Å²) < 4.78 is 14.3. The van der Waals surface area contributed by atoms with Crippen LogP contribution in [0.1, 0.15) is 0 Å². The number of ether oxygens (including phenoxy) is 1. The van der Waals surface area contributed by atoms with Crippen molar-refractivity contribution in [3.63, 3.8) is 0 Å². The molecule has 0 unspecified atom stereocenters. The van der Waals surface area contributed by atoms with Gasteiger partial charge in [0.25, 0.3) is 0 Å². The Morgan fingerprint density at radius 2 is 1.93 bits per heavy atom. The third-order valence-corrected chi connectivity index (χ3v) is 1.83. The van der Waals surface area contributed by atoms with Crippen molar-refractivity contribution in [1.82, 2.24) is 0 Å². The maximum absolute atomic E-state index is 10.6. The Morgan fingerprint density at radius 3 is 2.43 bits per heavy atom. The van der Waals surface area contributed by atoms with Gasteiger partial charge in [-0.1, -0.05) is 0 Å². The van der Waals surface area contributed by atoms with Crippen molar-refractivity contribution in [2.24, 2.45) is 0 Å². The Balaban J connectivity index is 2.38. The molecule has 4 heteroatoms. The van der Waals surface area contributed by atoms with Crippen molar-refractivity contribution in [3.8, 4) is 17.1 Å². The zero-order valence-corrected chi connectivity index (χ0v) is 7.52. The van der Waals surface area contributed by atoms with Crippen LogP contribution >= 0.6 is 0 Å². The van der Waals surface area contributed by atoms with Crippen LogP contribution in [-0.2, 0) is 0 Å². The lowest BCUT2D eigenvalue weighted by molar-refractivity contribution is 0.389. The molecule has 2 aromatic rings. The molecule has 0 aliphatic rings. The summed E-state index contributed by atoms with van der Waals surface area (Å²) in [7, 11) is 1.59. The van der Waals surface area contributed by atoms with Crippen LogP contribution in [0.4, 0.5) is 0 Å². The fourth-order valence-electron chi connectivity index (χ4n) is 1.12. The molecule has 0 spiro atoms. The van der Waals surface area contributed by atoms with E-state index in [0.717, 1.165) is 11.3 Å². The zero-order valence-electron chi connectivity index (χ0n) is 7.52. The first kappa shape index (κ1) is 8.62. The quantitative estimate of drug-likeness (QED) is 0.729. The van der Waals surface area contributed by atoms with Crippen LogP contribution in [-0.4, -0.2) is 7.11 Å². The third kappa shape index (κ3) is 1.54. The molecule has 0 saturated heterocycles. The summed E-state index contributed by atoms with van der Waals surface area (Å²) in [6.07, 6.45) is 1.28. The van der Waals surface area contributed by atoms with Crippen LogP contribution in [0.25, 0.3) is 11.3 Å². The largest absolute Gasteiger partial charge is 0.519 e. The van der Waals surface area contributed by atoms with E-state index in [1.165, 1.54) is 6.26 Å². The van der Waals surface area contributed by atoms with Gasteiger partial charge in [-0.2, -0.15) is 0 Å². The molecule has 0 radical (unpaired) electrons. The second-order valence-electron chi connectivity index (χ2n) is 2.68. The van der Waals surface area contributed by atoms with Gasteiger partial charge in [0.1, 0.15) is 12.0 Å². The van der Waals surface area contributed by atoms with Gasteiger partial charge in [-0.05, 0) is 24.3 Å². The molecule has 0 saturated carbocycles. The van der Waals surface area contributed by atoms with Crippen LogP contribution in [0.2, 0.25) is 0 Å². The van der Waals surface area contributed by atoms with Gasteiger partial charge in [-0.25, -0.2) is 4.79 Å². The number of hydrogen-bond donors (Lipinski definition) is 0. The van der Waals surface area contributed by atoms with Gasteiger partial charge < -0.3 is 13.6 Å². The second-order valence-corrected chi connectivity index (χ2v) is 2.68. The van der Waals surface area contributed by atoms with E-state index in [4.69, 9.17) is 9.15 Å². The summed E-state index contributed by atoms with van der Waals surface area (Å²) >= 11 is 0. The molecule has 4 nitrogen and oxygen atoms in total. The molecular formula is C10H8O4. The first-order valence-electron chi connectivity index (χ1n) is 4.02. The molecule has 72 valence electrons. The van der Waals surface area contributed by atoms with Crippen molar-refractivity contribution >= 4 is 0 Å². The first-order valence-corrected chi connectivity index (χ1v) is 4.02. The average molecular weight is 192 g/mol. The molecule has 0 aliphatic carbocycles. The second kappa shape index (κ2) is 3.41. The van der Waals surface area contributed by atoms with Gasteiger partial charge in [-0.15, -0.1) is 0 Å². The van der Waals surface area contributed by atoms with Gasteiger partial charge >= 0.3 is 5.82 Å². The van der Waals surface area contributed by atoms with Crippen LogP contribution in [0, 0.1) is 0 Å². The molecule has 1 aromatic heterocycles. The van der Waals surface area contributed by atoms with Gasteiger partial charge in [0, 0.05) is 5.56 Å². The highest BCUT2D eigenvalue weighted by Gasteiger charge is 2.04. The van der Waals surface area contributed by atoms with E-state index in [2.05, 4.69) is 4.42 Å². The monoisotopic (exact) mass is 192 g/mol. The van der Waals surface area contributed by atoms with E-state index < -0.39 is 5.82 Å². The Hall–Kier alpha value is -1.97. The highest BCUT2D eigenvalue weighted by atomic mass is 16.6. The minimum absolute atomic E-state index is 0.414. The molecule has 0 bridgehead atoms. The normalized spacial score (nSPS) is 10.1. The van der Waals surface area contributed by atoms with E-state index in [-0.39, 0.29) is 0 Å². The standard InChI is InChI=1S/C10H8O4/c1-12-8-4-2-7(3-5-8)9-6-13-10(11)14-9/h2-6H,1H3. The van der Waals surface area contributed by atoms with Crippen LogP contribution in [0.5, 0.6) is 5.75 Å². The van der Waals surface area contributed by atoms with Gasteiger partial charge in [0.2, 0.25) is 0 Å². The lowest BCUT2D eigenvalue weighted by atomic mass is 10.2. The lowest BCUT2D eigenvalue weighted by Crippen LogP contribution is -1.85. The van der Waals surface area contributed by atoms with E-state index in [0.29, 0.717) is 5.76 Å². The van der Waals surface area contributed by atoms with Gasteiger partial charge in [0.05, 0.1) is 7.11 Å². The molecule has 1 heterocycles. The number of benzene rings is 1. The molecule has 0 amide bonds. The summed E-state index contributed by atoms with van der Waals surface area (Å²) in [5.41, 5.74) is 0.775. The van der Waals surface area contributed by atoms with Crippen molar-refractivity contribution in [2.75, 3.05) is 7.11 Å². The van der Waals surface area contributed by atoms with Crippen molar-refractivity contribution in [2.45, 2.75) is 0 Å². The molecule has 0 N–H and O–H groups in total. The average Bonchev–Trinajstić information content (AvgIpc) is 2.65. The molecular weight excluding hydrogens is 184 g/mol. The number of methoxy groups -OCH3 is 1. The first-order chi connectivity index (χ1) is 6.79. The highest BCUT2D eigenvalue weighted by molar-refractivity contribution is 5.56. The molecule has 1 aromatic carbocycles. The molecule has 2 rings (SSSR count). The fourth-order valence-corrected chi connectivity index (χ4v) is 1.12. The Labute approximate surface area is 79.7 Å². The fraction of sp³-hybridized carbons (Fsp3) is 0.100. The van der Waals surface area contributed by atoms with E-state index >= 15 is 0 Å². The van der Waals surface area contributed by atoms with Gasteiger partial charge in [-0.3, -0.25) is 0 Å². The number of hydrogen-bond acceptors (Lipinski definition) is 4. The lowest BCUT2D eigenvalue weighted by Gasteiger charge is -1.99. The molecule has 0 atom stereocenters. The van der Waals surface area contributed by atoms with Crippen molar-refractivity contribution < 1.29 is 13.6 Å².